The quantitative estimate of drug-likeness (QED) is 0.503. The molecule has 3 rings (SSSR count). The molecule has 0 fully saturated rings. The molecule has 2 N–H and O–H groups in total. The lowest BCUT2D eigenvalue weighted by atomic mass is 10.0. The highest BCUT2D eigenvalue weighted by atomic mass is 16.5. The molecule has 0 radical (unpaired) electrons. The minimum atomic E-state index is -0.692. The zero-order valence-corrected chi connectivity index (χ0v) is 16.1. The van der Waals surface area contributed by atoms with Crippen molar-refractivity contribution >= 4 is 28.3 Å². The van der Waals surface area contributed by atoms with Crippen LogP contribution in [0.1, 0.15) is 25.3 Å². The van der Waals surface area contributed by atoms with E-state index in [4.69, 9.17) is 4.74 Å². The lowest BCUT2D eigenvalue weighted by Crippen LogP contribution is -2.37. The van der Waals surface area contributed by atoms with Crippen LogP contribution in [-0.4, -0.2) is 25.0 Å². The van der Waals surface area contributed by atoms with Crippen LogP contribution in [0.2, 0.25) is 0 Å². The van der Waals surface area contributed by atoms with Crippen LogP contribution < -0.4 is 15.4 Å². The van der Waals surface area contributed by atoms with Crippen LogP contribution in [0.25, 0.3) is 10.8 Å². The zero-order chi connectivity index (χ0) is 19.9. The highest BCUT2D eigenvalue weighted by Crippen LogP contribution is 2.24. The smallest absolute Gasteiger partial charge is 0.313 e. The van der Waals surface area contributed by atoms with Gasteiger partial charge in [0.05, 0.1) is 6.54 Å². The number of anilines is 1. The molecule has 0 bridgehead atoms. The fourth-order valence-electron chi connectivity index (χ4n) is 2.87. The molecule has 0 aromatic heterocycles. The average Bonchev–Trinajstić information content (AvgIpc) is 2.71. The standard InChI is InChI=1S/C23H24N2O3/c1-16(2)17-10-12-19(13-11-17)25-23(27)22(26)24-14-15-28-21-9-5-7-18-6-3-4-8-20(18)21/h3-13,16H,14-15H2,1-2H3,(H,24,26)(H,25,27). The summed E-state index contributed by atoms with van der Waals surface area (Å²) >= 11 is 0. The topological polar surface area (TPSA) is 67.4 Å². The largest absolute Gasteiger partial charge is 0.491 e. The van der Waals surface area contributed by atoms with Crippen LogP contribution >= 0.6 is 0 Å². The first-order valence-electron chi connectivity index (χ1n) is 9.34. The summed E-state index contributed by atoms with van der Waals surface area (Å²) in [4.78, 5) is 24.0. The first-order valence-corrected chi connectivity index (χ1v) is 9.34. The van der Waals surface area contributed by atoms with E-state index < -0.39 is 11.8 Å². The molecule has 144 valence electrons. The number of fused-ring (bicyclic) bond motifs is 1. The van der Waals surface area contributed by atoms with Crippen LogP contribution in [0.5, 0.6) is 5.75 Å². The SMILES string of the molecule is CC(C)c1ccc(NC(=O)C(=O)NCCOc2cccc3ccccc23)cc1. The second-order valence-corrected chi connectivity index (χ2v) is 6.81. The van der Waals surface area contributed by atoms with Gasteiger partial charge in [-0.2, -0.15) is 0 Å². The molecule has 0 spiro atoms. The Balaban J connectivity index is 1.46. The monoisotopic (exact) mass is 376 g/mol. The normalized spacial score (nSPS) is 10.7. The predicted molar refractivity (Wildman–Crippen MR) is 112 cm³/mol. The molecule has 0 unspecified atom stereocenters. The van der Waals surface area contributed by atoms with Gasteiger partial charge in [0.25, 0.3) is 0 Å². The predicted octanol–water partition coefficient (Wildman–Crippen LogP) is 4.10. The first kappa shape index (κ1) is 19.4. The summed E-state index contributed by atoms with van der Waals surface area (Å²) in [7, 11) is 0. The van der Waals surface area contributed by atoms with Gasteiger partial charge in [0.2, 0.25) is 0 Å². The number of hydrogen-bond donors (Lipinski definition) is 2. The van der Waals surface area contributed by atoms with Gasteiger partial charge >= 0.3 is 11.8 Å². The number of rotatable bonds is 6. The van der Waals surface area contributed by atoms with Crippen molar-refractivity contribution in [1.82, 2.24) is 5.32 Å². The van der Waals surface area contributed by atoms with Crippen LogP contribution in [0.4, 0.5) is 5.69 Å². The number of carbonyl (C=O) groups is 2. The lowest BCUT2D eigenvalue weighted by molar-refractivity contribution is -0.136. The molecule has 3 aromatic carbocycles. The number of benzene rings is 3. The summed E-state index contributed by atoms with van der Waals surface area (Å²) in [5.41, 5.74) is 1.77. The Bertz CT molecular complexity index is 960. The van der Waals surface area contributed by atoms with Crippen LogP contribution in [0.3, 0.4) is 0 Å². The van der Waals surface area contributed by atoms with E-state index in [1.54, 1.807) is 12.1 Å². The molecule has 0 heterocycles. The molecule has 5 heteroatoms. The molecular weight excluding hydrogens is 352 g/mol. The molecule has 3 aromatic rings. The van der Waals surface area contributed by atoms with Crippen molar-refractivity contribution in [2.24, 2.45) is 0 Å². The Morgan fingerprint density at radius 1 is 0.893 bits per heavy atom. The molecule has 5 nitrogen and oxygen atoms in total. The van der Waals surface area contributed by atoms with E-state index in [-0.39, 0.29) is 13.2 Å². The third-order valence-electron chi connectivity index (χ3n) is 4.44. The summed E-state index contributed by atoms with van der Waals surface area (Å²) < 4.78 is 5.76. The van der Waals surface area contributed by atoms with Crippen LogP contribution in [0.15, 0.2) is 66.7 Å². The Morgan fingerprint density at radius 2 is 1.61 bits per heavy atom. The fourth-order valence-corrected chi connectivity index (χ4v) is 2.87. The molecule has 0 aliphatic heterocycles. The maximum atomic E-state index is 12.0. The molecule has 0 atom stereocenters. The average molecular weight is 376 g/mol. The number of hydrogen-bond acceptors (Lipinski definition) is 3. The van der Waals surface area contributed by atoms with Gasteiger partial charge in [-0.3, -0.25) is 9.59 Å². The Kier molecular flexibility index (Phi) is 6.27. The van der Waals surface area contributed by atoms with E-state index in [1.165, 1.54) is 5.56 Å². The fraction of sp³-hybridized carbons (Fsp3) is 0.217. The molecule has 28 heavy (non-hydrogen) atoms. The summed E-state index contributed by atoms with van der Waals surface area (Å²) in [6, 6.07) is 21.2. The van der Waals surface area contributed by atoms with Gasteiger partial charge in [-0.1, -0.05) is 62.4 Å². The lowest BCUT2D eigenvalue weighted by Gasteiger charge is -2.11. The van der Waals surface area contributed by atoms with Gasteiger partial charge in [-0.25, -0.2) is 0 Å². The highest BCUT2D eigenvalue weighted by Gasteiger charge is 2.13. The Labute approximate surface area is 164 Å². The minimum absolute atomic E-state index is 0.238. The third-order valence-corrected chi connectivity index (χ3v) is 4.44. The van der Waals surface area contributed by atoms with E-state index in [1.807, 2.05) is 54.6 Å². The molecule has 2 amide bonds. The molecule has 0 saturated carbocycles. The van der Waals surface area contributed by atoms with E-state index >= 15 is 0 Å². The number of amides is 2. The van der Waals surface area contributed by atoms with E-state index in [0.717, 1.165) is 16.5 Å². The summed E-state index contributed by atoms with van der Waals surface area (Å²) in [5, 5.41) is 7.28. The second-order valence-electron chi connectivity index (χ2n) is 6.81. The first-order chi connectivity index (χ1) is 13.5. The third kappa shape index (κ3) is 4.88. The summed E-state index contributed by atoms with van der Waals surface area (Å²) in [5.74, 6) is -0.214. The maximum absolute atomic E-state index is 12.0. The van der Waals surface area contributed by atoms with Crippen molar-refractivity contribution in [2.45, 2.75) is 19.8 Å². The van der Waals surface area contributed by atoms with E-state index in [0.29, 0.717) is 11.6 Å². The number of nitrogens with one attached hydrogen (secondary N) is 2. The van der Waals surface area contributed by atoms with Crippen molar-refractivity contribution in [3.8, 4) is 5.75 Å². The Morgan fingerprint density at radius 3 is 2.36 bits per heavy atom. The zero-order valence-electron chi connectivity index (χ0n) is 16.1. The van der Waals surface area contributed by atoms with Gasteiger partial charge < -0.3 is 15.4 Å². The number of carbonyl (C=O) groups excluding carboxylic acids is 2. The van der Waals surface area contributed by atoms with Gasteiger partial charge in [-0.05, 0) is 35.1 Å². The van der Waals surface area contributed by atoms with Crippen LogP contribution in [0, 0.1) is 0 Å². The van der Waals surface area contributed by atoms with Gasteiger partial charge in [-0.15, -0.1) is 0 Å². The molecule has 0 aliphatic rings. The summed E-state index contributed by atoms with van der Waals surface area (Å²) in [6.07, 6.45) is 0. The van der Waals surface area contributed by atoms with Crippen LogP contribution in [-0.2, 0) is 9.59 Å². The van der Waals surface area contributed by atoms with Crippen molar-refractivity contribution in [3.05, 3.63) is 72.3 Å². The van der Waals surface area contributed by atoms with Crippen molar-refractivity contribution in [1.29, 1.82) is 0 Å². The minimum Gasteiger partial charge on any atom is -0.491 e. The van der Waals surface area contributed by atoms with Crippen molar-refractivity contribution in [3.63, 3.8) is 0 Å². The molecule has 0 saturated heterocycles. The number of ether oxygens (including phenoxy) is 1. The van der Waals surface area contributed by atoms with Gasteiger partial charge in [0, 0.05) is 11.1 Å². The van der Waals surface area contributed by atoms with Crippen molar-refractivity contribution in [2.75, 3.05) is 18.5 Å². The van der Waals surface area contributed by atoms with E-state index in [9.17, 15) is 9.59 Å². The maximum Gasteiger partial charge on any atom is 0.313 e. The molecule has 0 aliphatic carbocycles. The second kappa shape index (κ2) is 9.04. The van der Waals surface area contributed by atoms with Gasteiger partial charge in [0.15, 0.2) is 0 Å². The highest BCUT2D eigenvalue weighted by molar-refractivity contribution is 6.39. The van der Waals surface area contributed by atoms with Gasteiger partial charge in [0.1, 0.15) is 12.4 Å². The summed E-state index contributed by atoms with van der Waals surface area (Å²) in [6.45, 7) is 4.71. The van der Waals surface area contributed by atoms with Crippen molar-refractivity contribution < 1.29 is 14.3 Å². The van der Waals surface area contributed by atoms with E-state index in [2.05, 4.69) is 24.5 Å². The Hall–Kier alpha value is -3.34. The molecular formula is C23H24N2O3.